The molecule has 3 aromatic heterocycles. The highest BCUT2D eigenvalue weighted by atomic mass is 16.5. The smallest absolute Gasteiger partial charge is 0.339 e. The fourth-order valence-corrected chi connectivity index (χ4v) is 2.79. The van der Waals surface area contributed by atoms with Crippen molar-refractivity contribution in [3.8, 4) is 22.8 Å². The van der Waals surface area contributed by atoms with E-state index in [-0.39, 0.29) is 18.3 Å². The van der Waals surface area contributed by atoms with Gasteiger partial charge < -0.3 is 9.05 Å². The third-order valence-electron chi connectivity index (χ3n) is 4.54. The van der Waals surface area contributed by atoms with E-state index in [9.17, 15) is 4.79 Å². The fraction of sp³-hybridized carbons (Fsp3) is 0.238. The van der Waals surface area contributed by atoms with Gasteiger partial charge in [0.15, 0.2) is 0 Å². The molecule has 0 atom stereocenters. The quantitative estimate of drug-likeness (QED) is 0.412. The number of rotatable bonds is 8. The number of carbonyl (C=O) groups excluding carboxylic acids is 1. The topological polar surface area (TPSA) is 132 Å². The lowest BCUT2D eigenvalue weighted by molar-refractivity contribution is -0.120. The maximum absolute atomic E-state index is 12.1. The molecule has 10 nitrogen and oxygen atoms in total. The lowest BCUT2D eigenvalue weighted by Crippen LogP contribution is -2.29. The first kappa shape index (κ1) is 20.2. The van der Waals surface area contributed by atoms with Gasteiger partial charge in [-0.1, -0.05) is 48.4 Å². The number of pyridine rings is 1. The average Bonchev–Trinajstić information content (AvgIpc) is 3.47. The van der Waals surface area contributed by atoms with Crippen LogP contribution in [0.1, 0.15) is 37.6 Å². The van der Waals surface area contributed by atoms with E-state index in [0.717, 1.165) is 11.1 Å². The number of amides is 1. The summed E-state index contributed by atoms with van der Waals surface area (Å²) in [6.45, 7) is 4.28. The average molecular weight is 419 g/mol. The van der Waals surface area contributed by atoms with E-state index < -0.39 is 0 Å². The molecule has 4 aromatic rings. The van der Waals surface area contributed by atoms with Crippen molar-refractivity contribution in [2.45, 2.75) is 32.6 Å². The Bertz CT molecular complexity index is 1140. The summed E-state index contributed by atoms with van der Waals surface area (Å²) in [7, 11) is 0. The molecule has 2 N–H and O–H groups in total. The second-order valence-electron chi connectivity index (χ2n) is 7.12. The Morgan fingerprint density at radius 2 is 1.61 bits per heavy atom. The lowest BCUT2D eigenvalue weighted by Gasteiger charge is -2.04. The predicted octanol–water partition coefficient (Wildman–Crippen LogP) is 3.38. The standard InChI is InChI=1S/C21H21N7O3/c1-13(2)14-3-5-15(6-4-14)19-23-18(30-27-19)8-7-17(29)25-26-21-24-20(28-31-21)16-9-11-22-12-10-16/h3-6,9-13H,7-8H2,1-2H3,(H,25,29)(H,24,26,28). The van der Waals surface area contributed by atoms with Gasteiger partial charge in [0.1, 0.15) is 0 Å². The van der Waals surface area contributed by atoms with Gasteiger partial charge in [0, 0.05) is 36.4 Å². The lowest BCUT2D eigenvalue weighted by atomic mass is 10.0. The molecule has 158 valence electrons. The number of hydrazine groups is 1. The van der Waals surface area contributed by atoms with Gasteiger partial charge in [-0.25, -0.2) is 5.43 Å². The van der Waals surface area contributed by atoms with E-state index in [1.54, 1.807) is 24.5 Å². The van der Waals surface area contributed by atoms with Crippen molar-refractivity contribution >= 4 is 11.9 Å². The first-order valence-electron chi connectivity index (χ1n) is 9.80. The molecule has 0 aliphatic rings. The van der Waals surface area contributed by atoms with Crippen LogP contribution in [0.2, 0.25) is 0 Å². The molecule has 0 radical (unpaired) electrons. The SMILES string of the molecule is CC(C)c1ccc(-c2noc(CCC(=O)NNc3nc(-c4ccncc4)no3)n2)cc1. The van der Waals surface area contributed by atoms with E-state index in [2.05, 4.69) is 50.0 Å². The van der Waals surface area contributed by atoms with Gasteiger partial charge in [-0.15, -0.1) is 0 Å². The molecular weight excluding hydrogens is 398 g/mol. The second-order valence-corrected chi connectivity index (χ2v) is 7.12. The molecule has 1 aromatic carbocycles. The van der Waals surface area contributed by atoms with Crippen molar-refractivity contribution in [2.75, 3.05) is 5.43 Å². The van der Waals surface area contributed by atoms with E-state index in [1.807, 2.05) is 24.3 Å². The number of nitrogens with one attached hydrogen (secondary N) is 2. The van der Waals surface area contributed by atoms with Crippen LogP contribution in [0, 0.1) is 0 Å². The minimum absolute atomic E-state index is 0.0742. The first-order valence-corrected chi connectivity index (χ1v) is 9.80. The van der Waals surface area contributed by atoms with Crippen molar-refractivity contribution in [1.29, 1.82) is 0 Å². The molecule has 0 unspecified atom stereocenters. The van der Waals surface area contributed by atoms with Gasteiger partial charge in [0.25, 0.3) is 0 Å². The Morgan fingerprint density at radius 1 is 0.935 bits per heavy atom. The number of anilines is 1. The zero-order valence-corrected chi connectivity index (χ0v) is 17.1. The molecule has 0 saturated heterocycles. The fourth-order valence-electron chi connectivity index (χ4n) is 2.79. The number of carbonyl (C=O) groups is 1. The minimum Gasteiger partial charge on any atom is -0.339 e. The van der Waals surface area contributed by atoms with Gasteiger partial charge in [-0.3, -0.25) is 15.2 Å². The number of hydrogen-bond acceptors (Lipinski definition) is 9. The molecule has 10 heteroatoms. The van der Waals surface area contributed by atoms with Crippen LogP contribution < -0.4 is 10.9 Å². The number of aromatic nitrogens is 5. The maximum atomic E-state index is 12.1. The van der Waals surface area contributed by atoms with Crippen LogP contribution in [-0.4, -0.2) is 31.2 Å². The summed E-state index contributed by atoms with van der Waals surface area (Å²) >= 11 is 0. The highest BCUT2D eigenvalue weighted by molar-refractivity contribution is 5.77. The van der Waals surface area contributed by atoms with Crippen molar-refractivity contribution in [3.63, 3.8) is 0 Å². The summed E-state index contributed by atoms with van der Waals surface area (Å²) < 4.78 is 10.3. The summed E-state index contributed by atoms with van der Waals surface area (Å²) in [6, 6.07) is 11.6. The molecule has 0 saturated carbocycles. The molecular formula is C21H21N7O3. The summed E-state index contributed by atoms with van der Waals surface area (Å²) in [5, 5.41) is 7.84. The Morgan fingerprint density at radius 3 is 2.35 bits per heavy atom. The van der Waals surface area contributed by atoms with E-state index >= 15 is 0 Å². The van der Waals surface area contributed by atoms with Gasteiger partial charge in [0.05, 0.1) is 0 Å². The van der Waals surface area contributed by atoms with Crippen molar-refractivity contribution in [2.24, 2.45) is 0 Å². The third kappa shape index (κ3) is 5.10. The molecule has 1 amide bonds. The van der Waals surface area contributed by atoms with Crippen molar-refractivity contribution in [1.82, 2.24) is 30.7 Å². The normalized spacial score (nSPS) is 10.9. The molecule has 0 aliphatic heterocycles. The van der Waals surface area contributed by atoms with Crippen LogP contribution in [0.3, 0.4) is 0 Å². The molecule has 4 rings (SSSR count). The van der Waals surface area contributed by atoms with Crippen molar-refractivity contribution in [3.05, 3.63) is 60.2 Å². The molecule has 0 spiro atoms. The molecule has 3 heterocycles. The Labute approximate surface area is 178 Å². The molecule has 0 bridgehead atoms. The van der Waals surface area contributed by atoms with E-state index in [0.29, 0.717) is 29.9 Å². The van der Waals surface area contributed by atoms with Crippen LogP contribution in [0.25, 0.3) is 22.8 Å². The largest absolute Gasteiger partial charge is 0.340 e. The van der Waals surface area contributed by atoms with E-state index in [4.69, 9.17) is 9.05 Å². The molecule has 31 heavy (non-hydrogen) atoms. The van der Waals surface area contributed by atoms with Crippen LogP contribution in [-0.2, 0) is 11.2 Å². The summed E-state index contributed by atoms with van der Waals surface area (Å²) in [5.74, 6) is 1.44. The Kier molecular flexibility index (Phi) is 5.97. The zero-order valence-electron chi connectivity index (χ0n) is 17.1. The summed E-state index contributed by atoms with van der Waals surface area (Å²) in [6.07, 6.45) is 3.71. The predicted molar refractivity (Wildman–Crippen MR) is 111 cm³/mol. The Balaban J connectivity index is 1.26. The van der Waals surface area contributed by atoms with Gasteiger partial charge >= 0.3 is 6.01 Å². The number of benzene rings is 1. The van der Waals surface area contributed by atoms with Crippen molar-refractivity contribution < 1.29 is 13.8 Å². The number of aryl methyl sites for hydroxylation is 1. The van der Waals surface area contributed by atoms with Gasteiger partial charge in [0.2, 0.25) is 23.4 Å². The molecule has 0 aliphatic carbocycles. The maximum Gasteiger partial charge on any atom is 0.340 e. The zero-order chi connectivity index (χ0) is 21.6. The second kappa shape index (κ2) is 9.16. The van der Waals surface area contributed by atoms with Gasteiger partial charge in [-0.05, 0) is 23.6 Å². The summed E-state index contributed by atoms with van der Waals surface area (Å²) in [4.78, 5) is 24.5. The highest BCUT2D eigenvalue weighted by Gasteiger charge is 2.13. The highest BCUT2D eigenvalue weighted by Crippen LogP contribution is 2.21. The van der Waals surface area contributed by atoms with Crippen LogP contribution in [0.5, 0.6) is 0 Å². The number of hydrogen-bond donors (Lipinski definition) is 2. The Hall–Kier alpha value is -4.08. The number of nitrogens with zero attached hydrogens (tertiary/aromatic N) is 5. The monoisotopic (exact) mass is 419 g/mol. The van der Waals surface area contributed by atoms with E-state index in [1.165, 1.54) is 5.56 Å². The van der Waals surface area contributed by atoms with Crippen LogP contribution in [0.4, 0.5) is 6.01 Å². The summed E-state index contributed by atoms with van der Waals surface area (Å²) in [5.41, 5.74) is 7.96. The van der Waals surface area contributed by atoms with Crippen LogP contribution in [0.15, 0.2) is 57.8 Å². The van der Waals surface area contributed by atoms with Crippen LogP contribution >= 0.6 is 0 Å². The third-order valence-corrected chi connectivity index (χ3v) is 4.54. The first-order chi connectivity index (χ1) is 15.1. The van der Waals surface area contributed by atoms with Gasteiger partial charge in [-0.2, -0.15) is 9.97 Å². The molecule has 0 fully saturated rings. The minimum atomic E-state index is -0.287.